The number of rotatable bonds is 4. The maximum Gasteiger partial charge on any atom is 0.352 e. The van der Waals surface area contributed by atoms with E-state index < -0.39 is 5.97 Å². The number of anilines is 1. The lowest BCUT2D eigenvalue weighted by atomic mass is 10.1. The van der Waals surface area contributed by atoms with Crippen LogP contribution in [0.5, 0.6) is 0 Å². The molecule has 0 unspecified atom stereocenters. The fourth-order valence-corrected chi connectivity index (χ4v) is 2.81. The minimum atomic E-state index is -1.04. The number of amides is 1. The molecule has 2 aromatic carbocycles. The van der Waals surface area contributed by atoms with Crippen molar-refractivity contribution >= 4 is 28.5 Å². The number of hydrogen-bond acceptors (Lipinski definition) is 2. The van der Waals surface area contributed by atoms with Crippen LogP contribution in [0.3, 0.4) is 0 Å². The third-order valence-corrected chi connectivity index (χ3v) is 3.81. The number of aromatic nitrogens is 1. The molecule has 0 saturated heterocycles. The maximum atomic E-state index is 12.3. The number of carboxylic acid groups (broad SMARTS) is 1. The first-order valence-electron chi connectivity index (χ1n) is 7.22. The second kappa shape index (κ2) is 5.96. The van der Waals surface area contributed by atoms with Gasteiger partial charge < -0.3 is 15.0 Å². The highest BCUT2D eigenvalue weighted by Crippen LogP contribution is 2.26. The van der Waals surface area contributed by atoms with Crippen LogP contribution in [0.15, 0.2) is 54.6 Å². The summed E-state index contributed by atoms with van der Waals surface area (Å²) in [5.41, 5.74) is 2.17. The monoisotopic (exact) mass is 308 g/mol. The number of nitrogens with one attached hydrogen (secondary N) is 1. The van der Waals surface area contributed by atoms with E-state index in [-0.39, 0.29) is 18.0 Å². The van der Waals surface area contributed by atoms with Crippen LogP contribution in [-0.4, -0.2) is 21.6 Å². The van der Waals surface area contributed by atoms with Gasteiger partial charge in [0, 0.05) is 29.2 Å². The first kappa shape index (κ1) is 14.8. The van der Waals surface area contributed by atoms with Crippen molar-refractivity contribution in [2.75, 3.05) is 5.32 Å². The van der Waals surface area contributed by atoms with Crippen LogP contribution in [0.2, 0.25) is 0 Å². The minimum Gasteiger partial charge on any atom is -0.477 e. The van der Waals surface area contributed by atoms with E-state index in [0.717, 1.165) is 10.9 Å². The average molecular weight is 308 g/mol. The van der Waals surface area contributed by atoms with Gasteiger partial charge in [-0.15, -0.1) is 0 Å². The van der Waals surface area contributed by atoms with Crippen molar-refractivity contribution in [2.24, 2.45) is 7.05 Å². The Morgan fingerprint density at radius 3 is 2.39 bits per heavy atom. The summed E-state index contributed by atoms with van der Waals surface area (Å²) in [6.07, 6.45) is 0.0118. The van der Waals surface area contributed by atoms with Gasteiger partial charge in [0.05, 0.1) is 6.42 Å². The number of fused-ring (bicyclic) bond motifs is 1. The number of aromatic carboxylic acids is 1. The van der Waals surface area contributed by atoms with Crippen LogP contribution < -0.4 is 5.32 Å². The molecular weight excluding hydrogens is 292 g/mol. The van der Waals surface area contributed by atoms with Crippen LogP contribution >= 0.6 is 0 Å². The molecule has 116 valence electrons. The van der Waals surface area contributed by atoms with Crippen molar-refractivity contribution in [3.63, 3.8) is 0 Å². The lowest BCUT2D eigenvalue weighted by Crippen LogP contribution is -2.17. The van der Waals surface area contributed by atoms with Gasteiger partial charge >= 0.3 is 5.97 Å². The molecule has 5 nitrogen and oxygen atoms in total. The van der Waals surface area contributed by atoms with E-state index in [1.165, 1.54) is 0 Å². The zero-order valence-corrected chi connectivity index (χ0v) is 12.6. The molecular formula is C18H16N2O3. The van der Waals surface area contributed by atoms with Crippen LogP contribution in [0, 0.1) is 0 Å². The summed E-state index contributed by atoms with van der Waals surface area (Å²) in [5, 5.41) is 13.1. The lowest BCUT2D eigenvalue weighted by Gasteiger charge is -2.06. The van der Waals surface area contributed by atoms with Gasteiger partial charge in [0.1, 0.15) is 5.69 Å². The molecule has 0 aliphatic rings. The van der Waals surface area contributed by atoms with Gasteiger partial charge in [-0.25, -0.2) is 4.79 Å². The van der Waals surface area contributed by atoms with Gasteiger partial charge in [0.25, 0.3) is 0 Å². The van der Waals surface area contributed by atoms with Crippen molar-refractivity contribution in [3.05, 3.63) is 65.9 Å². The minimum absolute atomic E-state index is 0.0118. The Bertz CT molecular complexity index is 882. The van der Waals surface area contributed by atoms with E-state index in [2.05, 4.69) is 5.32 Å². The summed E-state index contributed by atoms with van der Waals surface area (Å²) < 4.78 is 1.61. The lowest BCUT2D eigenvalue weighted by molar-refractivity contribution is -0.115. The number of hydrogen-bond donors (Lipinski definition) is 2. The van der Waals surface area contributed by atoms with E-state index in [1.54, 1.807) is 23.7 Å². The fourth-order valence-electron chi connectivity index (χ4n) is 2.81. The van der Waals surface area contributed by atoms with Crippen molar-refractivity contribution in [3.8, 4) is 0 Å². The Labute approximate surface area is 133 Å². The first-order chi connectivity index (χ1) is 11.1. The number of carboxylic acids is 1. The zero-order valence-electron chi connectivity index (χ0n) is 12.6. The second-order valence-electron chi connectivity index (χ2n) is 5.30. The number of aryl methyl sites for hydroxylation is 1. The quantitative estimate of drug-likeness (QED) is 0.778. The number of para-hydroxylation sites is 2. The van der Waals surface area contributed by atoms with Crippen molar-refractivity contribution in [2.45, 2.75) is 6.42 Å². The molecule has 0 aliphatic heterocycles. The number of carbonyl (C=O) groups is 2. The van der Waals surface area contributed by atoms with Gasteiger partial charge in [0.2, 0.25) is 5.91 Å². The molecule has 0 atom stereocenters. The van der Waals surface area contributed by atoms with Gasteiger partial charge in [0.15, 0.2) is 0 Å². The van der Waals surface area contributed by atoms with Crippen LogP contribution in [-0.2, 0) is 18.3 Å². The Hall–Kier alpha value is -3.08. The van der Waals surface area contributed by atoms with Crippen LogP contribution in [0.25, 0.3) is 10.9 Å². The van der Waals surface area contributed by atoms with E-state index in [4.69, 9.17) is 0 Å². The largest absolute Gasteiger partial charge is 0.477 e. The van der Waals surface area contributed by atoms with Gasteiger partial charge in [-0.05, 0) is 18.2 Å². The normalized spacial score (nSPS) is 10.7. The highest BCUT2D eigenvalue weighted by molar-refractivity contribution is 6.02. The molecule has 1 heterocycles. The van der Waals surface area contributed by atoms with Crippen molar-refractivity contribution in [1.82, 2.24) is 4.57 Å². The van der Waals surface area contributed by atoms with E-state index >= 15 is 0 Å². The van der Waals surface area contributed by atoms with Gasteiger partial charge in [-0.2, -0.15) is 0 Å². The average Bonchev–Trinajstić information content (AvgIpc) is 2.81. The molecule has 0 aliphatic carbocycles. The van der Waals surface area contributed by atoms with E-state index in [9.17, 15) is 14.7 Å². The summed E-state index contributed by atoms with van der Waals surface area (Å²) in [6.45, 7) is 0. The fraction of sp³-hybridized carbons (Fsp3) is 0.111. The molecule has 1 amide bonds. The molecule has 23 heavy (non-hydrogen) atoms. The maximum absolute atomic E-state index is 12.3. The molecule has 5 heteroatoms. The van der Waals surface area contributed by atoms with Gasteiger partial charge in [-0.3, -0.25) is 4.79 Å². The van der Waals surface area contributed by atoms with Crippen molar-refractivity contribution in [1.29, 1.82) is 0 Å². The molecule has 2 N–H and O–H groups in total. The predicted octanol–water partition coefficient (Wildman–Crippen LogP) is 3.06. The second-order valence-corrected chi connectivity index (χ2v) is 5.30. The Kier molecular flexibility index (Phi) is 3.85. The summed E-state index contributed by atoms with van der Waals surface area (Å²) in [4.78, 5) is 23.9. The zero-order chi connectivity index (χ0) is 16.4. The number of nitrogens with zero attached hydrogens (tertiary/aromatic N) is 1. The molecule has 0 radical (unpaired) electrons. The third-order valence-electron chi connectivity index (χ3n) is 3.81. The molecule has 0 bridgehead atoms. The highest BCUT2D eigenvalue weighted by Gasteiger charge is 2.22. The molecule has 1 aromatic heterocycles. The smallest absolute Gasteiger partial charge is 0.352 e. The molecule has 0 fully saturated rings. The van der Waals surface area contributed by atoms with E-state index in [1.807, 2.05) is 42.5 Å². The van der Waals surface area contributed by atoms with Gasteiger partial charge in [-0.1, -0.05) is 36.4 Å². The van der Waals surface area contributed by atoms with E-state index in [0.29, 0.717) is 11.3 Å². The Balaban J connectivity index is 1.97. The highest BCUT2D eigenvalue weighted by atomic mass is 16.4. The number of benzene rings is 2. The topological polar surface area (TPSA) is 71.3 Å². The summed E-state index contributed by atoms with van der Waals surface area (Å²) >= 11 is 0. The molecule has 3 rings (SSSR count). The van der Waals surface area contributed by atoms with Crippen LogP contribution in [0.1, 0.15) is 16.1 Å². The van der Waals surface area contributed by atoms with Crippen molar-refractivity contribution < 1.29 is 14.7 Å². The Morgan fingerprint density at radius 1 is 1.04 bits per heavy atom. The summed E-state index contributed by atoms with van der Waals surface area (Å²) in [7, 11) is 1.70. The summed E-state index contributed by atoms with van der Waals surface area (Å²) in [5.74, 6) is -1.28. The first-order valence-corrected chi connectivity index (χ1v) is 7.22. The SMILES string of the molecule is Cn1c(C(=O)O)c(CC(=O)Nc2ccccc2)c2ccccc21. The predicted molar refractivity (Wildman–Crippen MR) is 88.7 cm³/mol. The molecule has 0 saturated carbocycles. The van der Waals surface area contributed by atoms with Crippen LogP contribution in [0.4, 0.5) is 5.69 Å². The number of carbonyl (C=O) groups excluding carboxylic acids is 1. The Morgan fingerprint density at radius 2 is 1.70 bits per heavy atom. The molecule has 0 spiro atoms. The third kappa shape index (κ3) is 2.81. The molecule has 3 aromatic rings. The standard InChI is InChI=1S/C18H16N2O3/c1-20-15-10-6-5-9-13(15)14(17(20)18(22)23)11-16(21)19-12-7-3-2-4-8-12/h2-10H,11H2,1H3,(H,19,21)(H,22,23). The summed E-state index contributed by atoms with van der Waals surface area (Å²) in [6, 6.07) is 16.5.